The summed E-state index contributed by atoms with van der Waals surface area (Å²) >= 11 is 6.00. The Labute approximate surface area is 151 Å². The molecule has 2 rings (SSSR count). The highest BCUT2D eigenvalue weighted by Crippen LogP contribution is 2.27. The Morgan fingerprint density at radius 1 is 1.24 bits per heavy atom. The third-order valence-electron chi connectivity index (χ3n) is 3.10. The number of oxime groups is 1. The van der Waals surface area contributed by atoms with E-state index >= 15 is 0 Å². The molecule has 0 bridgehead atoms. The Morgan fingerprint density at radius 2 is 2.04 bits per heavy atom. The summed E-state index contributed by atoms with van der Waals surface area (Å²) < 4.78 is 10.8. The van der Waals surface area contributed by atoms with Crippen LogP contribution >= 0.6 is 11.6 Å². The largest absolute Gasteiger partial charge is 0.493 e. The lowest BCUT2D eigenvalue weighted by Gasteiger charge is -2.12. The van der Waals surface area contributed by atoms with Crippen LogP contribution in [0.15, 0.2) is 47.6 Å². The summed E-state index contributed by atoms with van der Waals surface area (Å²) in [6, 6.07) is 12.2. The number of benzene rings is 2. The minimum atomic E-state index is -0.322. The summed E-state index contributed by atoms with van der Waals surface area (Å²) in [6.07, 6.45) is 1.57. The highest BCUT2D eigenvalue weighted by molar-refractivity contribution is 6.33. The lowest BCUT2D eigenvalue weighted by Crippen LogP contribution is -2.20. The monoisotopic (exact) mass is 362 g/mol. The average molecular weight is 363 g/mol. The van der Waals surface area contributed by atoms with Gasteiger partial charge in [0.1, 0.15) is 6.61 Å². The van der Waals surface area contributed by atoms with Gasteiger partial charge >= 0.3 is 0 Å². The topological polar surface area (TPSA) is 69.2 Å². The van der Waals surface area contributed by atoms with Gasteiger partial charge in [0, 0.05) is 5.56 Å². The maximum atomic E-state index is 12.0. The van der Waals surface area contributed by atoms with Crippen molar-refractivity contribution in [2.75, 3.05) is 25.6 Å². The molecule has 1 N–H and O–H groups in total. The number of halogens is 1. The number of hydrogen-bond donors (Lipinski definition) is 1. The van der Waals surface area contributed by atoms with Gasteiger partial charge in [-0.15, -0.1) is 0 Å². The number of ether oxygens (including phenoxy) is 2. The van der Waals surface area contributed by atoms with E-state index in [4.69, 9.17) is 25.9 Å². The van der Waals surface area contributed by atoms with Crippen LogP contribution in [0.4, 0.5) is 5.69 Å². The first-order chi connectivity index (χ1) is 12.1. The lowest BCUT2D eigenvalue weighted by molar-refractivity contribution is -0.118. The van der Waals surface area contributed by atoms with Crippen molar-refractivity contribution in [2.45, 2.75) is 6.92 Å². The van der Waals surface area contributed by atoms with E-state index in [1.165, 1.54) is 7.11 Å². The summed E-state index contributed by atoms with van der Waals surface area (Å²) in [6.45, 7) is 2.17. The molecule has 0 aliphatic rings. The van der Waals surface area contributed by atoms with Crippen LogP contribution < -0.4 is 14.8 Å². The van der Waals surface area contributed by atoms with Crippen molar-refractivity contribution >= 4 is 29.4 Å². The second-order valence-corrected chi connectivity index (χ2v) is 5.29. The molecule has 7 heteroatoms. The van der Waals surface area contributed by atoms with Gasteiger partial charge in [-0.05, 0) is 37.3 Å². The van der Waals surface area contributed by atoms with E-state index in [1.54, 1.807) is 48.7 Å². The van der Waals surface area contributed by atoms with Crippen LogP contribution in [0.3, 0.4) is 0 Å². The van der Waals surface area contributed by atoms with Gasteiger partial charge in [0.05, 0.1) is 24.0 Å². The van der Waals surface area contributed by atoms with Crippen LogP contribution in [0.2, 0.25) is 5.02 Å². The van der Waals surface area contributed by atoms with Crippen molar-refractivity contribution in [3.8, 4) is 11.5 Å². The molecule has 0 saturated heterocycles. The fourth-order valence-electron chi connectivity index (χ4n) is 1.95. The summed E-state index contributed by atoms with van der Waals surface area (Å²) in [7, 11) is 1.52. The third kappa shape index (κ3) is 5.69. The Balaban J connectivity index is 1.97. The van der Waals surface area contributed by atoms with Crippen molar-refractivity contribution in [1.82, 2.24) is 0 Å². The molecule has 0 aromatic heterocycles. The summed E-state index contributed by atoms with van der Waals surface area (Å²) in [5, 5.41) is 6.95. The normalized spacial score (nSPS) is 10.5. The highest BCUT2D eigenvalue weighted by Gasteiger charge is 2.10. The number of carbonyl (C=O) groups is 1. The van der Waals surface area contributed by atoms with E-state index in [2.05, 4.69) is 10.5 Å². The number of rotatable bonds is 8. The maximum absolute atomic E-state index is 12.0. The van der Waals surface area contributed by atoms with Crippen molar-refractivity contribution in [2.24, 2.45) is 5.16 Å². The summed E-state index contributed by atoms with van der Waals surface area (Å²) in [5.74, 6) is 0.619. The molecule has 0 fully saturated rings. The smallest absolute Gasteiger partial charge is 0.262 e. The zero-order valence-electron chi connectivity index (χ0n) is 14.0. The lowest BCUT2D eigenvalue weighted by atomic mass is 10.2. The molecular formula is C18H19ClN2O4. The number of amides is 1. The Bertz CT molecular complexity index is 750. The number of nitrogens with zero attached hydrogens (tertiary/aromatic N) is 1. The van der Waals surface area contributed by atoms with Crippen LogP contribution in [0.25, 0.3) is 0 Å². The number of para-hydroxylation sites is 1. The molecule has 132 valence electrons. The summed E-state index contributed by atoms with van der Waals surface area (Å²) in [5.41, 5.74) is 1.32. The maximum Gasteiger partial charge on any atom is 0.262 e. The molecule has 2 aromatic carbocycles. The van der Waals surface area contributed by atoms with Crippen LogP contribution in [0.1, 0.15) is 12.5 Å². The first-order valence-corrected chi connectivity index (χ1v) is 8.02. The second kappa shape index (κ2) is 9.54. The van der Waals surface area contributed by atoms with E-state index in [-0.39, 0.29) is 12.5 Å². The molecule has 25 heavy (non-hydrogen) atoms. The molecule has 0 unspecified atom stereocenters. The second-order valence-electron chi connectivity index (χ2n) is 4.88. The SMILES string of the molecule is CCO/N=C/c1ccc(OCC(=O)Nc2ccccc2Cl)c(OC)c1. The predicted molar refractivity (Wildman–Crippen MR) is 97.8 cm³/mol. The summed E-state index contributed by atoms with van der Waals surface area (Å²) in [4.78, 5) is 16.9. The molecule has 1 amide bonds. The minimum Gasteiger partial charge on any atom is -0.493 e. The molecule has 6 nitrogen and oxygen atoms in total. The quantitative estimate of drug-likeness (QED) is 0.573. The van der Waals surface area contributed by atoms with E-state index in [9.17, 15) is 4.79 Å². The minimum absolute atomic E-state index is 0.173. The molecule has 0 aliphatic heterocycles. The van der Waals surface area contributed by atoms with Gasteiger partial charge in [0.2, 0.25) is 0 Å². The van der Waals surface area contributed by atoms with E-state index in [0.717, 1.165) is 5.56 Å². The fourth-order valence-corrected chi connectivity index (χ4v) is 2.13. The van der Waals surface area contributed by atoms with Crippen LogP contribution in [-0.2, 0) is 9.63 Å². The first kappa shape index (κ1) is 18.6. The predicted octanol–water partition coefficient (Wildman–Crippen LogP) is 3.74. The average Bonchev–Trinajstić information content (AvgIpc) is 2.62. The number of methoxy groups -OCH3 is 1. The molecule has 0 heterocycles. The van der Waals surface area contributed by atoms with Gasteiger partial charge in [-0.3, -0.25) is 4.79 Å². The number of carbonyl (C=O) groups excluding carboxylic acids is 1. The molecular weight excluding hydrogens is 344 g/mol. The van der Waals surface area contributed by atoms with Gasteiger partial charge in [-0.2, -0.15) is 0 Å². The zero-order chi connectivity index (χ0) is 18.1. The van der Waals surface area contributed by atoms with Crippen LogP contribution in [0.5, 0.6) is 11.5 Å². The Kier molecular flexibility index (Phi) is 7.10. The van der Waals surface area contributed by atoms with Crippen LogP contribution in [0, 0.1) is 0 Å². The molecule has 0 spiro atoms. The Hall–Kier alpha value is -2.73. The van der Waals surface area contributed by atoms with Crippen molar-refractivity contribution in [3.05, 3.63) is 53.1 Å². The molecule has 0 saturated carbocycles. The van der Waals surface area contributed by atoms with Gasteiger partial charge in [-0.25, -0.2) is 0 Å². The number of nitrogens with one attached hydrogen (secondary N) is 1. The van der Waals surface area contributed by atoms with Gasteiger partial charge < -0.3 is 19.6 Å². The molecule has 2 aromatic rings. The first-order valence-electron chi connectivity index (χ1n) is 7.64. The fraction of sp³-hybridized carbons (Fsp3) is 0.222. The number of hydrogen-bond acceptors (Lipinski definition) is 5. The van der Waals surface area contributed by atoms with Crippen molar-refractivity contribution in [1.29, 1.82) is 0 Å². The van der Waals surface area contributed by atoms with Crippen molar-refractivity contribution < 1.29 is 19.1 Å². The van der Waals surface area contributed by atoms with E-state index in [1.807, 2.05) is 6.92 Å². The standard InChI is InChI=1S/C18H19ClN2O4/c1-3-25-20-11-13-8-9-16(17(10-13)23-2)24-12-18(22)21-15-7-5-4-6-14(15)19/h4-11H,3,12H2,1-2H3,(H,21,22)/b20-11+. The molecule has 0 radical (unpaired) electrons. The van der Waals surface area contributed by atoms with Gasteiger partial charge in [-0.1, -0.05) is 28.9 Å². The Morgan fingerprint density at radius 3 is 2.76 bits per heavy atom. The van der Waals surface area contributed by atoms with Gasteiger partial charge in [0.25, 0.3) is 5.91 Å². The van der Waals surface area contributed by atoms with E-state index in [0.29, 0.717) is 28.8 Å². The van der Waals surface area contributed by atoms with Gasteiger partial charge in [0.15, 0.2) is 18.1 Å². The molecule has 0 atom stereocenters. The van der Waals surface area contributed by atoms with Crippen LogP contribution in [-0.4, -0.2) is 32.4 Å². The third-order valence-corrected chi connectivity index (χ3v) is 3.43. The van der Waals surface area contributed by atoms with Crippen molar-refractivity contribution in [3.63, 3.8) is 0 Å². The molecule has 0 aliphatic carbocycles. The number of anilines is 1. The highest BCUT2D eigenvalue weighted by atomic mass is 35.5. The van der Waals surface area contributed by atoms with E-state index < -0.39 is 0 Å². The zero-order valence-corrected chi connectivity index (χ0v) is 14.7.